The molecule has 0 radical (unpaired) electrons. The van der Waals surface area contributed by atoms with E-state index in [0.29, 0.717) is 24.7 Å². The fourth-order valence-electron chi connectivity index (χ4n) is 3.75. The maximum Gasteiger partial charge on any atom is 0.257 e. The van der Waals surface area contributed by atoms with Gasteiger partial charge in [0, 0.05) is 55.9 Å². The largest absolute Gasteiger partial charge is 0.302 e. The first-order valence-corrected chi connectivity index (χ1v) is 9.79. The fourth-order valence-corrected chi connectivity index (χ4v) is 3.75. The van der Waals surface area contributed by atoms with E-state index in [1.54, 1.807) is 42.6 Å². The van der Waals surface area contributed by atoms with Crippen LogP contribution in [0.3, 0.4) is 0 Å². The van der Waals surface area contributed by atoms with E-state index in [9.17, 15) is 9.59 Å². The van der Waals surface area contributed by atoms with Crippen molar-refractivity contribution in [3.63, 3.8) is 0 Å². The van der Waals surface area contributed by atoms with Gasteiger partial charge in [0.05, 0.1) is 18.3 Å². The first-order valence-electron chi connectivity index (χ1n) is 9.79. The summed E-state index contributed by atoms with van der Waals surface area (Å²) in [5.41, 5.74) is 2.17. The van der Waals surface area contributed by atoms with Crippen molar-refractivity contribution in [1.82, 2.24) is 29.0 Å². The molecule has 0 saturated carbocycles. The Morgan fingerprint density at radius 1 is 1.10 bits per heavy atom. The highest BCUT2D eigenvalue weighted by Gasteiger charge is 2.21. The van der Waals surface area contributed by atoms with Crippen LogP contribution in [0.1, 0.15) is 18.4 Å². The van der Waals surface area contributed by atoms with Crippen molar-refractivity contribution in [2.75, 3.05) is 13.1 Å². The minimum absolute atomic E-state index is 0.00783. The molecular weight excluding hydrogens is 368 g/mol. The van der Waals surface area contributed by atoms with Crippen LogP contribution in [0, 0.1) is 5.92 Å². The molecule has 1 fully saturated rings. The number of aryl methyl sites for hydroxylation is 1. The summed E-state index contributed by atoms with van der Waals surface area (Å²) >= 11 is 0. The number of aromatic nitrogens is 5. The summed E-state index contributed by atoms with van der Waals surface area (Å²) in [6, 6.07) is 5.30. The molecule has 1 aliphatic heterocycles. The lowest BCUT2D eigenvalue weighted by atomic mass is 9.96. The van der Waals surface area contributed by atoms with E-state index in [-0.39, 0.29) is 11.1 Å². The van der Waals surface area contributed by atoms with E-state index >= 15 is 0 Å². The Balaban J connectivity index is 1.36. The van der Waals surface area contributed by atoms with Gasteiger partial charge in [-0.2, -0.15) is 0 Å². The first-order chi connectivity index (χ1) is 14.1. The van der Waals surface area contributed by atoms with Crippen molar-refractivity contribution < 1.29 is 0 Å². The molecule has 0 aliphatic carbocycles. The molecule has 3 aromatic heterocycles. The summed E-state index contributed by atoms with van der Waals surface area (Å²) in [6.45, 7) is 3.09. The van der Waals surface area contributed by atoms with Crippen LogP contribution >= 0.6 is 0 Å². The Kier molecular flexibility index (Phi) is 5.62. The molecule has 0 aromatic carbocycles. The van der Waals surface area contributed by atoms with Gasteiger partial charge in [-0.3, -0.25) is 24.0 Å². The van der Waals surface area contributed by atoms with Crippen molar-refractivity contribution in [3.8, 4) is 11.3 Å². The zero-order chi connectivity index (χ0) is 20.2. The predicted octanol–water partition coefficient (Wildman–Crippen LogP) is 1.31. The fraction of sp³-hybridized carbons (Fsp3) is 0.381. The van der Waals surface area contributed by atoms with Gasteiger partial charge in [0.2, 0.25) is 0 Å². The highest BCUT2D eigenvalue weighted by Crippen LogP contribution is 2.20. The molecule has 1 aliphatic rings. The second-order valence-electron chi connectivity index (χ2n) is 7.56. The van der Waals surface area contributed by atoms with Crippen LogP contribution in [0.2, 0.25) is 0 Å². The third-order valence-electron chi connectivity index (χ3n) is 5.46. The number of piperidine rings is 1. The van der Waals surface area contributed by atoms with E-state index in [0.717, 1.165) is 37.1 Å². The summed E-state index contributed by atoms with van der Waals surface area (Å²) < 4.78 is 3.20. The number of nitrogens with zero attached hydrogens (tertiary/aromatic N) is 6. The molecule has 0 amide bonds. The van der Waals surface area contributed by atoms with Crippen molar-refractivity contribution >= 4 is 0 Å². The Morgan fingerprint density at radius 2 is 1.93 bits per heavy atom. The maximum absolute atomic E-state index is 12.5. The lowest BCUT2D eigenvalue weighted by Gasteiger charge is -2.31. The van der Waals surface area contributed by atoms with Gasteiger partial charge in [-0.1, -0.05) is 0 Å². The second-order valence-corrected chi connectivity index (χ2v) is 7.56. The van der Waals surface area contributed by atoms with Crippen LogP contribution in [0.15, 0.2) is 59.0 Å². The van der Waals surface area contributed by atoms with E-state index in [1.165, 1.54) is 10.9 Å². The zero-order valence-corrected chi connectivity index (χ0v) is 16.4. The number of hydrogen-bond acceptors (Lipinski definition) is 6. The van der Waals surface area contributed by atoms with Crippen LogP contribution in [0.5, 0.6) is 0 Å². The summed E-state index contributed by atoms with van der Waals surface area (Å²) in [4.78, 5) is 39.6. The molecule has 8 nitrogen and oxygen atoms in total. The van der Waals surface area contributed by atoms with Gasteiger partial charge >= 0.3 is 0 Å². The Bertz CT molecular complexity index is 1080. The predicted molar refractivity (Wildman–Crippen MR) is 109 cm³/mol. The third-order valence-corrected chi connectivity index (χ3v) is 5.46. The number of rotatable bonds is 5. The summed E-state index contributed by atoms with van der Waals surface area (Å²) in [7, 11) is 1.72. The van der Waals surface area contributed by atoms with Crippen molar-refractivity contribution in [2.24, 2.45) is 13.0 Å². The zero-order valence-electron chi connectivity index (χ0n) is 16.4. The Morgan fingerprint density at radius 3 is 2.66 bits per heavy atom. The number of pyridine rings is 1. The van der Waals surface area contributed by atoms with E-state index < -0.39 is 0 Å². The lowest BCUT2D eigenvalue weighted by Crippen LogP contribution is -2.37. The van der Waals surface area contributed by atoms with Gasteiger partial charge in [-0.15, -0.1) is 0 Å². The topological polar surface area (TPSA) is 85.9 Å². The maximum atomic E-state index is 12.5. The minimum atomic E-state index is -0.0415. The van der Waals surface area contributed by atoms with E-state index in [2.05, 4.69) is 19.9 Å². The van der Waals surface area contributed by atoms with Gasteiger partial charge in [0.15, 0.2) is 0 Å². The molecule has 0 spiro atoms. The molecule has 3 aromatic rings. The smallest absolute Gasteiger partial charge is 0.257 e. The molecule has 0 atom stereocenters. The molecule has 29 heavy (non-hydrogen) atoms. The van der Waals surface area contributed by atoms with Crippen LogP contribution in [0.25, 0.3) is 11.3 Å². The van der Waals surface area contributed by atoms with Gasteiger partial charge in [0.1, 0.15) is 0 Å². The highest BCUT2D eigenvalue weighted by atomic mass is 16.1. The molecule has 4 rings (SSSR count). The van der Waals surface area contributed by atoms with Crippen LogP contribution < -0.4 is 11.1 Å². The normalized spacial score (nSPS) is 15.5. The molecule has 0 N–H and O–H groups in total. The van der Waals surface area contributed by atoms with Crippen LogP contribution in [-0.4, -0.2) is 42.1 Å². The summed E-state index contributed by atoms with van der Waals surface area (Å²) in [5, 5.41) is 0. The van der Waals surface area contributed by atoms with Gasteiger partial charge in [-0.25, -0.2) is 9.97 Å². The minimum Gasteiger partial charge on any atom is -0.302 e. The van der Waals surface area contributed by atoms with Gasteiger partial charge in [-0.05, 0) is 44.0 Å². The average molecular weight is 392 g/mol. The molecule has 150 valence electrons. The Hall–Kier alpha value is -3.13. The highest BCUT2D eigenvalue weighted by molar-refractivity contribution is 5.56. The van der Waals surface area contributed by atoms with Gasteiger partial charge in [0.25, 0.3) is 11.1 Å². The quantitative estimate of drug-likeness (QED) is 0.651. The van der Waals surface area contributed by atoms with Crippen LogP contribution in [0.4, 0.5) is 0 Å². The van der Waals surface area contributed by atoms with Gasteiger partial charge < -0.3 is 4.57 Å². The SMILES string of the molecule is Cn1cncc(CN2CCC(Cn3cnc(-c4cccnc4)cc3=O)CC2)c1=O. The molecular formula is C21H24N6O2. The lowest BCUT2D eigenvalue weighted by molar-refractivity contribution is 0.165. The third kappa shape index (κ3) is 4.48. The standard InChI is InChI=1S/C21H24N6O2/c1-25-14-23-11-18(21(25)29)13-26-7-4-16(5-8-26)12-27-15-24-19(9-20(27)28)17-3-2-6-22-10-17/h2-3,6,9-11,14-16H,4-5,7-8,12-13H2,1H3. The molecule has 0 unspecified atom stereocenters. The average Bonchev–Trinajstić information content (AvgIpc) is 2.75. The van der Waals surface area contributed by atoms with Crippen molar-refractivity contribution in [2.45, 2.75) is 25.9 Å². The first kappa shape index (κ1) is 19.2. The molecule has 8 heteroatoms. The summed E-state index contributed by atoms with van der Waals surface area (Å²) in [5.74, 6) is 0.423. The van der Waals surface area contributed by atoms with Crippen molar-refractivity contribution in [3.05, 3.63) is 75.7 Å². The van der Waals surface area contributed by atoms with E-state index in [1.807, 2.05) is 12.1 Å². The second kappa shape index (κ2) is 8.48. The van der Waals surface area contributed by atoms with Crippen LogP contribution in [-0.2, 0) is 20.1 Å². The molecule has 0 bridgehead atoms. The molecule has 4 heterocycles. The Labute approximate surface area is 168 Å². The van der Waals surface area contributed by atoms with Crippen molar-refractivity contribution in [1.29, 1.82) is 0 Å². The van der Waals surface area contributed by atoms with E-state index in [4.69, 9.17) is 0 Å². The number of hydrogen-bond donors (Lipinski definition) is 0. The summed E-state index contributed by atoms with van der Waals surface area (Å²) in [6.07, 6.45) is 10.2. The monoisotopic (exact) mass is 392 g/mol. The molecule has 1 saturated heterocycles. The number of likely N-dealkylation sites (tertiary alicyclic amines) is 1.